The van der Waals surface area contributed by atoms with Crippen LogP contribution in [0.4, 0.5) is 0 Å². The molecular formula is C46H27N5. The van der Waals surface area contributed by atoms with Crippen molar-refractivity contribution < 1.29 is 0 Å². The molecule has 0 amide bonds. The van der Waals surface area contributed by atoms with Gasteiger partial charge in [0.05, 0.1) is 62.8 Å². The number of nitriles is 3. The van der Waals surface area contributed by atoms with Crippen molar-refractivity contribution in [2.24, 2.45) is 0 Å². The zero-order valence-corrected chi connectivity index (χ0v) is 27.4. The first-order valence-electron chi connectivity index (χ1n) is 16.7. The summed E-state index contributed by atoms with van der Waals surface area (Å²) >= 11 is 0. The summed E-state index contributed by atoms with van der Waals surface area (Å²) in [5.41, 5.74) is 12.8. The van der Waals surface area contributed by atoms with Gasteiger partial charge in [0.1, 0.15) is 0 Å². The van der Waals surface area contributed by atoms with Crippen LogP contribution in [0, 0.1) is 34.0 Å². The van der Waals surface area contributed by atoms with E-state index in [2.05, 4.69) is 106 Å². The highest BCUT2D eigenvalue weighted by Crippen LogP contribution is 2.39. The van der Waals surface area contributed by atoms with Crippen LogP contribution in [0.25, 0.3) is 72.4 Å². The minimum absolute atomic E-state index is 0.553. The minimum atomic E-state index is 0.553. The van der Waals surface area contributed by atoms with Crippen molar-refractivity contribution in [1.82, 2.24) is 9.13 Å². The third-order valence-corrected chi connectivity index (χ3v) is 9.84. The molecule has 1 aliphatic carbocycles. The Morgan fingerprint density at radius 3 is 1.86 bits per heavy atom. The van der Waals surface area contributed by atoms with Crippen LogP contribution in [0.5, 0.6) is 0 Å². The van der Waals surface area contributed by atoms with Gasteiger partial charge in [0, 0.05) is 27.4 Å². The first-order valence-corrected chi connectivity index (χ1v) is 16.7. The number of allylic oxidation sites excluding steroid dienone is 3. The maximum absolute atomic E-state index is 10.2. The molecule has 0 spiro atoms. The number of aromatic nitrogens is 2. The van der Waals surface area contributed by atoms with Gasteiger partial charge in [-0.1, -0.05) is 72.8 Å². The maximum Gasteiger partial charge on any atom is 0.0992 e. The molecule has 0 N–H and O–H groups in total. The molecule has 51 heavy (non-hydrogen) atoms. The van der Waals surface area contributed by atoms with Crippen LogP contribution in [-0.4, -0.2) is 9.13 Å². The second-order valence-corrected chi connectivity index (χ2v) is 12.7. The molecule has 1 aliphatic rings. The average molecular weight is 650 g/mol. The summed E-state index contributed by atoms with van der Waals surface area (Å²) in [6, 6.07) is 49.7. The van der Waals surface area contributed by atoms with Crippen molar-refractivity contribution in [3.8, 4) is 51.8 Å². The third-order valence-electron chi connectivity index (χ3n) is 9.84. The van der Waals surface area contributed by atoms with Crippen LogP contribution in [0.2, 0.25) is 0 Å². The first kappa shape index (κ1) is 29.7. The summed E-state index contributed by atoms with van der Waals surface area (Å²) in [5, 5.41) is 33.1. The van der Waals surface area contributed by atoms with Crippen molar-refractivity contribution in [3.05, 3.63) is 174 Å². The maximum atomic E-state index is 10.2. The monoisotopic (exact) mass is 649 g/mol. The summed E-state index contributed by atoms with van der Waals surface area (Å²) < 4.78 is 4.48. The van der Waals surface area contributed by atoms with Crippen LogP contribution in [0.15, 0.2) is 146 Å². The molecule has 0 unspecified atom stereocenters. The van der Waals surface area contributed by atoms with Gasteiger partial charge in [-0.25, -0.2) is 0 Å². The summed E-state index contributed by atoms with van der Waals surface area (Å²) in [6.07, 6.45) is 9.19. The molecule has 2 heterocycles. The molecule has 0 radical (unpaired) electrons. The fraction of sp³-hybridized carbons (Fsp3) is 0.0217. The van der Waals surface area contributed by atoms with E-state index < -0.39 is 0 Å². The molecule has 9 rings (SSSR count). The topological polar surface area (TPSA) is 81.2 Å². The molecule has 5 nitrogen and oxygen atoms in total. The molecule has 2 aromatic heterocycles. The lowest BCUT2D eigenvalue weighted by atomic mass is 9.94. The predicted octanol–water partition coefficient (Wildman–Crippen LogP) is 10.8. The summed E-state index contributed by atoms with van der Waals surface area (Å²) in [5.74, 6) is 0. The molecular weight excluding hydrogens is 623 g/mol. The third kappa shape index (κ3) is 4.83. The Bertz CT molecular complexity index is 2860. The molecule has 8 aromatic rings. The van der Waals surface area contributed by atoms with E-state index in [0.29, 0.717) is 16.7 Å². The second kappa shape index (κ2) is 11.9. The zero-order chi connectivity index (χ0) is 34.5. The predicted molar refractivity (Wildman–Crippen MR) is 205 cm³/mol. The Morgan fingerprint density at radius 1 is 0.490 bits per heavy atom. The molecule has 0 atom stereocenters. The Morgan fingerprint density at radius 2 is 1.14 bits per heavy atom. The van der Waals surface area contributed by atoms with E-state index in [9.17, 15) is 15.8 Å². The highest BCUT2D eigenvalue weighted by molar-refractivity contribution is 6.09. The van der Waals surface area contributed by atoms with Gasteiger partial charge in [-0.2, -0.15) is 15.8 Å². The van der Waals surface area contributed by atoms with E-state index in [0.717, 1.165) is 78.5 Å². The molecule has 0 fully saturated rings. The van der Waals surface area contributed by atoms with Gasteiger partial charge in [0.2, 0.25) is 0 Å². The van der Waals surface area contributed by atoms with E-state index >= 15 is 0 Å². The lowest BCUT2D eigenvalue weighted by molar-refractivity contribution is 1.09. The van der Waals surface area contributed by atoms with Gasteiger partial charge in [-0.05, 0) is 108 Å². The van der Waals surface area contributed by atoms with E-state index in [4.69, 9.17) is 0 Å². The van der Waals surface area contributed by atoms with Crippen molar-refractivity contribution in [2.45, 2.75) is 6.42 Å². The lowest BCUT2D eigenvalue weighted by Crippen LogP contribution is -1.99. The van der Waals surface area contributed by atoms with Crippen molar-refractivity contribution in [2.75, 3.05) is 0 Å². The van der Waals surface area contributed by atoms with Crippen molar-refractivity contribution >= 4 is 38.8 Å². The van der Waals surface area contributed by atoms with E-state index in [-0.39, 0.29) is 0 Å². The quantitative estimate of drug-likeness (QED) is 0.190. The van der Waals surface area contributed by atoms with Crippen LogP contribution in [0.3, 0.4) is 0 Å². The number of benzene rings is 6. The normalized spacial score (nSPS) is 12.0. The minimum Gasteiger partial charge on any atom is -0.310 e. The fourth-order valence-corrected chi connectivity index (χ4v) is 7.55. The Kier molecular flexibility index (Phi) is 6.96. The Hall–Kier alpha value is -7.39. The highest BCUT2D eigenvalue weighted by atomic mass is 15.0. The number of hydrogen-bond acceptors (Lipinski definition) is 3. The standard InChI is InChI=1S/C46H27N5/c47-27-30-15-21-45-41(24-30)40-8-2-1-3-11-42(40)50(45)36-18-16-33(17-19-36)34-22-32(29-49)23-35(26-34)37-20-14-31(28-48)25-46(37)51-43-12-6-4-9-38(43)39-10-5-7-13-44(39)51/h1-7,9-26H,8H2. The van der Waals surface area contributed by atoms with Gasteiger partial charge in [-0.3, -0.25) is 0 Å². The summed E-state index contributed by atoms with van der Waals surface area (Å²) in [7, 11) is 0. The summed E-state index contributed by atoms with van der Waals surface area (Å²) in [6.45, 7) is 0. The SMILES string of the molecule is N#Cc1cc(-c2ccc(-n3c4c(c5cc(C#N)ccc53)CC=CC=C4)cc2)cc(-c2ccc(C#N)cc2-n2c3ccccc3c3ccccc32)c1. The summed E-state index contributed by atoms with van der Waals surface area (Å²) in [4.78, 5) is 0. The fourth-order valence-electron chi connectivity index (χ4n) is 7.55. The highest BCUT2D eigenvalue weighted by Gasteiger charge is 2.19. The molecule has 6 aromatic carbocycles. The number of nitrogens with zero attached hydrogens (tertiary/aromatic N) is 5. The lowest BCUT2D eigenvalue weighted by Gasteiger charge is -2.16. The van der Waals surface area contributed by atoms with Crippen LogP contribution >= 0.6 is 0 Å². The molecule has 0 saturated carbocycles. The number of para-hydroxylation sites is 2. The van der Waals surface area contributed by atoms with Gasteiger partial charge < -0.3 is 9.13 Å². The second-order valence-electron chi connectivity index (χ2n) is 12.7. The number of fused-ring (bicyclic) bond motifs is 6. The Labute approximate surface area is 294 Å². The first-order chi connectivity index (χ1) is 25.1. The van der Waals surface area contributed by atoms with Gasteiger partial charge in [0.25, 0.3) is 0 Å². The number of hydrogen-bond donors (Lipinski definition) is 0. The van der Waals surface area contributed by atoms with Crippen LogP contribution in [-0.2, 0) is 6.42 Å². The van der Waals surface area contributed by atoms with E-state index in [1.807, 2.05) is 72.8 Å². The van der Waals surface area contributed by atoms with Crippen LogP contribution in [0.1, 0.15) is 27.9 Å². The van der Waals surface area contributed by atoms with E-state index in [1.54, 1.807) is 0 Å². The molecule has 0 aliphatic heterocycles. The zero-order valence-electron chi connectivity index (χ0n) is 27.4. The van der Waals surface area contributed by atoms with Gasteiger partial charge in [0.15, 0.2) is 0 Å². The molecule has 0 bridgehead atoms. The van der Waals surface area contributed by atoms with Crippen LogP contribution < -0.4 is 0 Å². The number of rotatable bonds is 4. The van der Waals surface area contributed by atoms with Gasteiger partial charge in [-0.15, -0.1) is 0 Å². The van der Waals surface area contributed by atoms with Crippen molar-refractivity contribution in [1.29, 1.82) is 15.8 Å². The van der Waals surface area contributed by atoms with E-state index in [1.165, 1.54) is 5.56 Å². The Balaban J connectivity index is 1.19. The average Bonchev–Trinajstić information content (AvgIpc) is 3.56. The molecule has 5 heteroatoms. The largest absolute Gasteiger partial charge is 0.310 e. The van der Waals surface area contributed by atoms with Gasteiger partial charge >= 0.3 is 0 Å². The molecule has 236 valence electrons. The molecule has 0 saturated heterocycles. The smallest absolute Gasteiger partial charge is 0.0992 e. The van der Waals surface area contributed by atoms with Crippen molar-refractivity contribution in [3.63, 3.8) is 0 Å².